The van der Waals surface area contributed by atoms with Gasteiger partial charge in [0.2, 0.25) is 0 Å². The standard InChI is InChI=1S/2C7H16O3/c2*1-2-3-4-10-6-7(9)5-8/h2*7-9H,2-6H2,1H3. The van der Waals surface area contributed by atoms with E-state index >= 15 is 0 Å². The van der Waals surface area contributed by atoms with Crippen LogP contribution in [0.5, 0.6) is 0 Å². The van der Waals surface area contributed by atoms with Crippen molar-refractivity contribution < 1.29 is 29.9 Å². The number of aliphatic hydroxyl groups excluding tert-OH is 4. The minimum Gasteiger partial charge on any atom is -0.394 e. The van der Waals surface area contributed by atoms with E-state index in [9.17, 15) is 0 Å². The van der Waals surface area contributed by atoms with Crippen LogP contribution in [0.15, 0.2) is 0 Å². The van der Waals surface area contributed by atoms with E-state index in [0.29, 0.717) is 13.2 Å². The molecule has 0 heterocycles. The summed E-state index contributed by atoms with van der Waals surface area (Å²) in [6, 6.07) is 0. The van der Waals surface area contributed by atoms with Crippen molar-refractivity contribution in [1.29, 1.82) is 0 Å². The second kappa shape index (κ2) is 18.8. The molecule has 0 aliphatic rings. The molecule has 0 saturated heterocycles. The van der Waals surface area contributed by atoms with Crippen LogP contribution in [0.1, 0.15) is 39.5 Å². The summed E-state index contributed by atoms with van der Waals surface area (Å²) in [5, 5.41) is 34.3. The van der Waals surface area contributed by atoms with Crippen LogP contribution in [0.4, 0.5) is 0 Å². The van der Waals surface area contributed by atoms with E-state index in [-0.39, 0.29) is 26.4 Å². The van der Waals surface area contributed by atoms with Gasteiger partial charge >= 0.3 is 0 Å². The molecule has 20 heavy (non-hydrogen) atoms. The Balaban J connectivity index is 0. The lowest BCUT2D eigenvalue weighted by atomic mass is 10.3. The van der Waals surface area contributed by atoms with Gasteiger partial charge in [0.1, 0.15) is 12.2 Å². The normalized spacial score (nSPS) is 13.5. The minimum absolute atomic E-state index is 0.216. The highest BCUT2D eigenvalue weighted by atomic mass is 16.5. The Hall–Kier alpha value is -0.240. The smallest absolute Gasteiger partial charge is 0.100 e. The van der Waals surface area contributed by atoms with Crippen molar-refractivity contribution in [2.24, 2.45) is 0 Å². The van der Waals surface area contributed by atoms with Crippen LogP contribution < -0.4 is 0 Å². The monoisotopic (exact) mass is 296 g/mol. The molecule has 0 aromatic heterocycles. The largest absolute Gasteiger partial charge is 0.394 e. The fourth-order valence-corrected chi connectivity index (χ4v) is 1.04. The molecule has 0 saturated carbocycles. The van der Waals surface area contributed by atoms with Gasteiger partial charge in [-0.2, -0.15) is 0 Å². The summed E-state index contributed by atoms with van der Waals surface area (Å²) in [7, 11) is 0. The molecule has 0 amide bonds. The number of aliphatic hydroxyl groups is 4. The third-order valence-electron chi connectivity index (χ3n) is 2.33. The summed E-state index contributed by atoms with van der Waals surface area (Å²) in [6.45, 7) is 5.56. The number of ether oxygens (including phenoxy) is 2. The molecule has 2 unspecified atom stereocenters. The number of unbranched alkanes of at least 4 members (excludes halogenated alkanes) is 2. The third-order valence-corrected chi connectivity index (χ3v) is 2.33. The van der Waals surface area contributed by atoms with E-state index in [4.69, 9.17) is 29.9 Å². The summed E-state index contributed by atoms with van der Waals surface area (Å²) in [5.74, 6) is 0. The van der Waals surface area contributed by atoms with Crippen molar-refractivity contribution in [3.63, 3.8) is 0 Å². The van der Waals surface area contributed by atoms with E-state index in [1.807, 2.05) is 0 Å². The molecule has 0 aromatic rings. The maximum Gasteiger partial charge on any atom is 0.100 e. The predicted octanol–water partition coefficient (Wildman–Crippen LogP) is 0.313. The van der Waals surface area contributed by atoms with E-state index in [2.05, 4.69) is 13.8 Å². The average molecular weight is 296 g/mol. The lowest BCUT2D eigenvalue weighted by Gasteiger charge is -2.06. The van der Waals surface area contributed by atoms with Crippen LogP contribution >= 0.6 is 0 Å². The maximum atomic E-state index is 8.78. The molecule has 0 aliphatic carbocycles. The van der Waals surface area contributed by atoms with E-state index in [1.165, 1.54) is 0 Å². The van der Waals surface area contributed by atoms with Crippen LogP contribution in [-0.2, 0) is 9.47 Å². The van der Waals surface area contributed by atoms with Crippen LogP contribution in [0.3, 0.4) is 0 Å². The molecule has 124 valence electrons. The SMILES string of the molecule is CCCCOCC(O)CO.CCCCOCC(O)CO. The Morgan fingerprint density at radius 2 is 1.10 bits per heavy atom. The number of hydrogen-bond donors (Lipinski definition) is 4. The van der Waals surface area contributed by atoms with Gasteiger partial charge in [-0.3, -0.25) is 0 Å². The quantitative estimate of drug-likeness (QED) is 0.387. The average Bonchev–Trinajstić information content (AvgIpc) is 2.48. The summed E-state index contributed by atoms with van der Waals surface area (Å²) in [4.78, 5) is 0. The first kappa shape index (κ1) is 22.0. The second-order valence-corrected chi connectivity index (χ2v) is 4.53. The van der Waals surface area contributed by atoms with E-state index in [0.717, 1.165) is 25.7 Å². The molecule has 0 radical (unpaired) electrons. The topological polar surface area (TPSA) is 99.4 Å². The number of hydrogen-bond acceptors (Lipinski definition) is 6. The molecule has 0 bridgehead atoms. The highest BCUT2D eigenvalue weighted by molar-refractivity contribution is 4.48. The van der Waals surface area contributed by atoms with Crippen molar-refractivity contribution in [1.82, 2.24) is 0 Å². The van der Waals surface area contributed by atoms with Gasteiger partial charge in [-0.05, 0) is 12.8 Å². The van der Waals surface area contributed by atoms with Gasteiger partial charge < -0.3 is 29.9 Å². The van der Waals surface area contributed by atoms with Crippen LogP contribution in [0.25, 0.3) is 0 Å². The Bertz CT molecular complexity index is 150. The van der Waals surface area contributed by atoms with Gasteiger partial charge in [0.25, 0.3) is 0 Å². The first-order chi connectivity index (χ1) is 9.62. The summed E-state index contributed by atoms with van der Waals surface area (Å²) in [5.41, 5.74) is 0. The Morgan fingerprint density at radius 3 is 1.35 bits per heavy atom. The minimum atomic E-state index is -0.711. The molecule has 4 N–H and O–H groups in total. The first-order valence-corrected chi connectivity index (χ1v) is 7.35. The van der Waals surface area contributed by atoms with Crippen molar-refractivity contribution in [3.05, 3.63) is 0 Å². The Morgan fingerprint density at radius 1 is 0.750 bits per heavy atom. The van der Waals surface area contributed by atoms with Gasteiger partial charge in [0.15, 0.2) is 0 Å². The van der Waals surface area contributed by atoms with Gasteiger partial charge in [-0.15, -0.1) is 0 Å². The van der Waals surface area contributed by atoms with Gasteiger partial charge in [-0.1, -0.05) is 26.7 Å². The van der Waals surface area contributed by atoms with Crippen molar-refractivity contribution in [2.45, 2.75) is 51.7 Å². The third kappa shape index (κ3) is 20.1. The molecule has 6 heteroatoms. The Kier molecular flexibility index (Phi) is 20.7. The molecule has 0 aliphatic heterocycles. The maximum absolute atomic E-state index is 8.78. The Labute approximate surface area is 122 Å². The molecule has 6 nitrogen and oxygen atoms in total. The van der Waals surface area contributed by atoms with Gasteiger partial charge in [0, 0.05) is 13.2 Å². The van der Waals surface area contributed by atoms with Gasteiger partial charge in [0.05, 0.1) is 26.4 Å². The zero-order valence-corrected chi connectivity index (χ0v) is 12.8. The summed E-state index contributed by atoms with van der Waals surface area (Å²) >= 11 is 0. The zero-order valence-electron chi connectivity index (χ0n) is 12.8. The predicted molar refractivity (Wildman–Crippen MR) is 77.6 cm³/mol. The molecule has 0 fully saturated rings. The summed E-state index contributed by atoms with van der Waals surface area (Å²) < 4.78 is 10.0. The van der Waals surface area contributed by atoms with Crippen molar-refractivity contribution in [3.8, 4) is 0 Å². The molecular formula is C14H32O6. The molecular weight excluding hydrogens is 264 g/mol. The van der Waals surface area contributed by atoms with Crippen LogP contribution in [0, 0.1) is 0 Å². The second-order valence-electron chi connectivity index (χ2n) is 4.53. The van der Waals surface area contributed by atoms with E-state index in [1.54, 1.807) is 0 Å². The molecule has 0 aromatic carbocycles. The highest BCUT2D eigenvalue weighted by Crippen LogP contribution is 1.90. The van der Waals surface area contributed by atoms with E-state index < -0.39 is 12.2 Å². The molecule has 0 spiro atoms. The van der Waals surface area contributed by atoms with Crippen LogP contribution in [-0.4, -0.2) is 72.3 Å². The zero-order chi connectivity index (χ0) is 15.6. The van der Waals surface area contributed by atoms with Crippen molar-refractivity contribution in [2.75, 3.05) is 39.6 Å². The van der Waals surface area contributed by atoms with Crippen LogP contribution in [0.2, 0.25) is 0 Å². The van der Waals surface area contributed by atoms with Gasteiger partial charge in [-0.25, -0.2) is 0 Å². The lowest BCUT2D eigenvalue weighted by molar-refractivity contribution is 0.00557. The molecule has 0 rings (SSSR count). The lowest BCUT2D eigenvalue weighted by Crippen LogP contribution is -2.19. The summed E-state index contributed by atoms with van der Waals surface area (Å²) in [6.07, 6.45) is 2.79. The first-order valence-electron chi connectivity index (χ1n) is 7.35. The highest BCUT2D eigenvalue weighted by Gasteiger charge is 2.00. The fourth-order valence-electron chi connectivity index (χ4n) is 1.04. The molecule has 2 atom stereocenters. The fraction of sp³-hybridized carbons (Fsp3) is 1.00. The number of rotatable bonds is 12. The van der Waals surface area contributed by atoms with Crippen molar-refractivity contribution >= 4 is 0 Å².